The fourth-order valence-electron chi connectivity index (χ4n) is 6.83. The molecule has 2 saturated heterocycles. The van der Waals surface area contributed by atoms with Crippen LogP contribution in [0.5, 0.6) is 0 Å². The van der Waals surface area contributed by atoms with Gasteiger partial charge in [0.15, 0.2) is 11.6 Å². The van der Waals surface area contributed by atoms with E-state index in [0.29, 0.717) is 51.9 Å². The van der Waals surface area contributed by atoms with Gasteiger partial charge < -0.3 is 25.2 Å². The SMILES string of the molecule is Cc1cnc(N2CCC3(CC2)COC3)c(C(=O)Nc2ccc(C(=O)N3CCc4cc(C(=O)Nc5ncccc5F)sc4-c4ncccc43)cc2)c1. The predicted octanol–water partition coefficient (Wildman–Crippen LogP) is 6.37. The number of amides is 3. The molecule has 2 fully saturated rings. The van der Waals surface area contributed by atoms with Crippen LogP contribution in [0.3, 0.4) is 0 Å². The second-order valence-electron chi connectivity index (χ2n) is 13.2. The zero-order valence-corrected chi connectivity index (χ0v) is 28.6. The van der Waals surface area contributed by atoms with Crippen LogP contribution in [0, 0.1) is 18.2 Å². The number of piperidine rings is 1. The van der Waals surface area contributed by atoms with Crippen molar-refractivity contribution in [1.82, 2.24) is 15.0 Å². The Balaban J connectivity index is 0.976. The molecule has 0 bridgehead atoms. The van der Waals surface area contributed by atoms with E-state index >= 15 is 0 Å². The largest absolute Gasteiger partial charge is 0.380 e. The number of halogens is 1. The number of ether oxygens (including phenoxy) is 1. The van der Waals surface area contributed by atoms with Gasteiger partial charge in [0, 0.05) is 54.9 Å². The van der Waals surface area contributed by atoms with Crippen molar-refractivity contribution in [3.8, 4) is 10.6 Å². The standard InChI is InChI=1S/C38H34FN7O4S/c1-23-18-27(34(42-20-23)45-16-11-38(12-17-45)21-50-22-38)35(47)43-26-8-6-24(7-9-26)37(49)46-15-10-25-19-30(36(48)44-33-28(39)4-2-14-41-33)51-32(25)31-29(46)5-3-13-40-31/h2-9,13-14,18-20H,10-12,15-17,21-22H2,1H3,(H,43,47)(H,41,44,48). The lowest BCUT2D eigenvalue weighted by Crippen LogP contribution is -2.51. The van der Waals surface area contributed by atoms with E-state index in [1.54, 1.807) is 53.7 Å². The maximum Gasteiger partial charge on any atom is 0.266 e. The van der Waals surface area contributed by atoms with Crippen molar-refractivity contribution in [3.63, 3.8) is 0 Å². The molecule has 0 saturated carbocycles. The summed E-state index contributed by atoms with van der Waals surface area (Å²) in [5.74, 6) is -1.03. The summed E-state index contributed by atoms with van der Waals surface area (Å²) in [5, 5.41) is 5.54. The lowest BCUT2D eigenvalue weighted by Gasteiger charge is -2.47. The number of benzene rings is 1. The molecule has 1 spiro atoms. The van der Waals surface area contributed by atoms with Gasteiger partial charge in [0.05, 0.1) is 34.2 Å². The summed E-state index contributed by atoms with van der Waals surface area (Å²) < 4.78 is 19.6. The molecule has 0 atom stereocenters. The maximum absolute atomic E-state index is 14.1. The van der Waals surface area contributed by atoms with Crippen LogP contribution in [0.2, 0.25) is 0 Å². The fourth-order valence-corrected chi connectivity index (χ4v) is 7.94. The van der Waals surface area contributed by atoms with Crippen LogP contribution in [-0.4, -0.2) is 65.5 Å². The van der Waals surface area contributed by atoms with Crippen molar-refractivity contribution in [2.75, 3.05) is 53.3 Å². The summed E-state index contributed by atoms with van der Waals surface area (Å²) in [7, 11) is 0. The van der Waals surface area contributed by atoms with Crippen molar-refractivity contribution in [3.05, 3.63) is 112 Å². The van der Waals surface area contributed by atoms with E-state index < -0.39 is 11.7 Å². The molecule has 51 heavy (non-hydrogen) atoms. The first-order valence-electron chi connectivity index (χ1n) is 16.8. The van der Waals surface area contributed by atoms with Crippen LogP contribution in [0.25, 0.3) is 10.6 Å². The van der Waals surface area contributed by atoms with Crippen molar-refractivity contribution in [1.29, 1.82) is 0 Å². The van der Waals surface area contributed by atoms with Crippen molar-refractivity contribution < 1.29 is 23.5 Å². The van der Waals surface area contributed by atoms with Crippen LogP contribution in [0.4, 0.5) is 27.4 Å². The van der Waals surface area contributed by atoms with Gasteiger partial charge in [-0.3, -0.25) is 19.4 Å². The second kappa shape index (κ2) is 13.3. The molecule has 0 unspecified atom stereocenters. The molecule has 13 heteroatoms. The molecule has 11 nitrogen and oxygen atoms in total. The molecule has 0 aliphatic carbocycles. The van der Waals surface area contributed by atoms with E-state index in [0.717, 1.165) is 55.1 Å². The minimum absolute atomic E-state index is 0.140. The summed E-state index contributed by atoms with van der Waals surface area (Å²) in [4.78, 5) is 58.8. The Hall–Kier alpha value is -5.53. The number of hydrogen-bond donors (Lipinski definition) is 2. The predicted molar refractivity (Wildman–Crippen MR) is 193 cm³/mol. The second-order valence-corrected chi connectivity index (χ2v) is 14.3. The number of nitrogens with one attached hydrogen (secondary N) is 2. The van der Waals surface area contributed by atoms with Crippen LogP contribution in [0.1, 0.15) is 54.4 Å². The third-order valence-corrected chi connectivity index (χ3v) is 10.9. The minimum atomic E-state index is -0.621. The first-order chi connectivity index (χ1) is 24.8. The van der Waals surface area contributed by atoms with Gasteiger partial charge in [-0.15, -0.1) is 11.3 Å². The summed E-state index contributed by atoms with van der Waals surface area (Å²) in [6.45, 7) is 5.53. The van der Waals surface area contributed by atoms with Crippen molar-refractivity contribution in [2.24, 2.45) is 5.41 Å². The van der Waals surface area contributed by atoms with Crippen LogP contribution in [0.15, 0.2) is 79.3 Å². The highest BCUT2D eigenvalue weighted by Gasteiger charge is 2.42. The summed E-state index contributed by atoms with van der Waals surface area (Å²) >= 11 is 1.24. The number of nitrogens with zero attached hydrogens (tertiary/aromatic N) is 5. The monoisotopic (exact) mass is 703 g/mol. The molecule has 3 amide bonds. The van der Waals surface area contributed by atoms with Crippen molar-refractivity contribution >= 4 is 52.1 Å². The van der Waals surface area contributed by atoms with E-state index in [2.05, 4.69) is 30.5 Å². The first-order valence-corrected chi connectivity index (χ1v) is 17.6. The van der Waals surface area contributed by atoms with Gasteiger partial charge in [-0.2, -0.15) is 0 Å². The molecule has 3 aliphatic rings. The number of rotatable bonds is 6. The van der Waals surface area contributed by atoms with E-state index in [1.165, 1.54) is 29.7 Å². The van der Waals surface area contributed by atoms with Gasteiger partial charge in [-0.25, -0.2) is 14.4 Å². The molecule has 7 heterocycles. The first kappa shape index (κ1) is 32.7. The maximum atomic E-state index is 14.1. The highest BCUT2D eigenvalue weighted by Crippen LogP contribution is 2.41. The molecule has 5 aromatic rings. The third kappa shape index (κ3) is 6.34. The molecule has 3 aliphatic heterocycles. The number of carbonyl (C=O) groups is 3. The number of fused-ring (bicyclic) bond motifs is 3. The highest BCUT2D eigenvalue weighted by atomic mass is 32.1. The number of aromatic nitrogens is 3. The molecule has 0 radical (unpaired) electrons. The van der Waals surface area contributed by atoms with E-state index in [4.69, 9.17) is 4.74 Å². The number of carbonyl (C=O) groups excluding carboxylic acids is 3. The van der Waals surface area contributed by atoms with Gasteiger partial charge >= 0.3 is 0 Å². The number of anilines is 4. The molecule has 258 valence electrons. The van der Waals surface area contributed by atoms with E-state index in [9.17, 15) is 18.8 Å². The normalized spacial score (nSPS) is 16.0. The molecular formula is C38H34FN7O4S. The smallest absolute Gasteiger partial charge is 0.266 e. The lowest BCUT2D eigenvalue weighted by molar-refractivity contribution is -0.124. The fraction of sp³-hybridized carbons (Fsp3) is 0.263. The Morgan fingerprint density at radius 1 is 0.902 bits per heavy atom. The molecule has 2 N–H and O–H groups in total. The highest BCUT2D eigenvalue weighted by molar-refractivity contribution is 7.17. The number of aryl methyl sites for hydroxylation is 1. The quantitative estimate of drug-likeness (QED) is 0.209. The number of hydrogen-bond acceptors (Lipinski definition) is 9. The Kier molecular flexibility index (Phi) is 8.52. The zero-order valence-electron chi connectivity index (χ0n) is 27.8. The minimum Gasteiger partial charge on any atom is -0.380 e. The summed E-state index contributed by atoms with van der Waals surface area (Å²) in [5.41, 5.74) is 4.76. The Labute approximate surface area is 297 Å². The van der Waals surface area contributed by atoms with Crippen molar-refractivity contribution in [2.45, 2.75) is 26.2 Å². The van der Waals surface area contributed by atoms with E-state index in [1.807, 2.05) is 19.1 Å². The lowest BCUT2D eigenvalue weighted by atomic mass is 9.77. The summed E-state index contributed by atoms with van der Waals surface area (Å²) in [6, 6.07) is 16.8. The average Bonchev–Trinajstić information content (AvgIpc) is 3.50. The van der Waals surface area contributed by atoms with E-state index in [-0.39, 0.29) is 23.0 Å². The molecular weight excluding hydrogens is 670 g/mol. The van der Waals surface area contributed by atoms with Crippen LogP contribution < -0.4 is 20.4 Å². The summed E-state index contributed by atoms with van der Waals surface area (Å²) in [6.07, 6.45) is 7.35. The zero-order chi connectivity index (χ0) is 35.1. The topological polar surface area (TPSA) is 130 Å². The third-order valence-electron chi connectivity index (χ3n) is 9.74. The molecule has 8 rings (SSSR count). The Morgan fingerprint density at radius 2 is 1.67 bits per heavy atom. The van der Waals surface area contributed by atoms with Crippen LogP contribution in [-0.2, 0) is 11.2 Å². The average molecular weight is 704 g/mol. The Morgan fingerprint density at radius 3 is 2.41 bits per heavy atom. The van der Waals surface area contributed by atoms with Crippen LogP contribution >= 0.6 is 11.3 Å². The molecule has 4 aromatic heterocycles. The number of pyridine rings is 3. The van der Waals surface area contributed by atoms with Gasteiger partial charge in [-0.05, 0) is 98.0 Å². The Bertz CT molecular complexity index is 2160. The van der Waals surface area contributed by atoms with Gasteiger partial charge in [-0.1, -0.05) is 0 Å². The molecule has 1 aromatic carbocycles. The number of thiophene rings is 1. The van der Waals surface area contributed by atoms with Gasteiger partial charge in [0.2, 0.25) is 0 Å². The van der Waals surface area contributed by atoms with Gasteiger partial charge in [0.25, 0.3) is 17.7 Å². The van der Waals surface area contributed by atoms with Gasteiger partial charge in [0.1, 0.15) is 11.5 Å².